The smallest absolute Gasteiger partial charge is 0.339 e. The van der Waals surface area contributed by atoms with Crippen LogP contribution in [-0.2, 0) is 9.53 Å². The molecular formula is C24H24N4O3S. The number of fused-ring (bicyclic) bond motifs is 1. The molecule has 0 fully saturated rings. The van der Waals surface area contributed by atoms with Gasteiger partial charge in [-0.3, -0.25) is 4.79 Å². The predicted octanol–water partition coefficient (Wildman–Crippen LogP) is 5.15. The third-order valence-electron chi connectivity index (χ3n) is 4.94. The third-order valence-corrected chi connectivity index (χ3v) is 5.96. The second-order valence-corrected chi connectivity index (χ2v) is 9.16. The molecule has 0 radical (unpaired) electrons. The molecule has 0 aliphatic rings. The summed E-state index contributed by atoms with van der Waals surface area (Å²) in [5.74, 6) is -0.992. The Kier molecular flexibility index (Phi) is 6.05. The average molecular weight is 449 g/mol. The van der Waals surface area contributed by atoms with E-state index in [-0.39, 0.29) is 12.6 Å². The molecule has 8 heteroatoms. The summed E-state index contributed by atoms with van der Waals surface area (Å²) in [5, 5.41) is 7.73. The molecular weight excluding hydrogens is 424 g/mol. The number of amides is 1. The first-order valence-electron chi connectivity index (χ1n) is 10.3. The van der Waals surface area contributed by atoms with Crippen molar-refractivity contribution >= 4 is 39.9 Å². The monoisotopic (exact) mass is 448 g/mol. The largest absolute Gasteiger partial charge is 0.452 e. The number of ether oxygens (including phenoxy) is 1. The van der Waals surface area contributed by atoms with Gasteiger partial charge in [0.25, 0.3) is 5.91 Å². The van der Waals surface area contributed by atoms with E-state index in [4.69, 9.17) is 9.72 Å². The van der Waals surface area contributed by atoms with Crippen LogP contribution in [0.1, 0.15) is 40.7 Å². The lowest BCUT2D eigenvalue weighted by Gasteiger charge is -2.10. The van der Waals surface area contributed by atoms with Gasteiger partial charge in [-0.2, -0.15) is 5.10 Å². The number of esters is 1. The van der Waals surface area contributed by atoms with Crippen LogP contribution in [0.15, 0.2) is 48.7 Å². The number of rotatable bonds is 6. The zero-order valence-electron chi connectivity index (χ0n) is 18.4. The van der Waals surface area contributed by atoms with Crippen molar-refractivity contribution in [3.63, 3.8) is 0 Å². The van der Waals surface area contributed by atoms with Gasteiger partial charge in [0.15, 0.2) is 12.3 Å². The fraction of sp³-hybridized carbons (Fsp3) is 0.250. The Hall–Kier alpha value is -3.52. The van der Waals surface area contributed by atoms with Gasteiger partial charge >= 0.3 is 5.97 Å². The molecule has 0 aliphatic carbocycles. The van der Waals surface area contributed by atoms with Crippen molar-refractivity contribution in [1.29, 1.82) is 0 Å². The number of pyridine rings is 1. The Morgan fingerprint density at radius 2 is 1.88 bits per heavy atom. The Bertz CT molecular complexity index is 1290. The molecule has 0 aliphatic heterocycles. The summed E-state index contributed by atoms with van der Waals surface area (Å²) in [6.45, 7) is 7.61. The van der Waals surface area contributed by atoms with Crippen LogP contribution in [-0.4, -0.2) is 33.2 Å². The zero-order chi connectivity index (χ0) is 22.8. The average Bonchev–Trinajstić information content (AvgIpc) is 3.39. The molecule has 0 unspecified atom stereocenters. The van der Waals surface area contributed by atoms with E-state index in [0.29, 0.717) is 28.0 Å². The van der Waals surface area contributed by atoms with E-state index < -0.39 is 11.9 Å². The van der Waals surface area contributed by atoms with Crippen LogP contribution < -0.4 is 5.32 Å². The Balaban J connectivity index is 1.59. The maximum absolute atomic E-state index is 13.0. The Morgan fingerprint density at radius 3 is 2.53 bits per heavy atom. The first kappa shape index (κ1) is 21.7. The number of hydrogen-bond acceptors (Lipinski definition) is 6. The topological polar surface area (TPSA) is 86.1 Å². The Labute approximate surface area is 190 Å². The summed E-state index contributed by atoms with van der Waals surface area (Å²) in [5.41, 5.74) is 3.37. The molecule has 4 aromatic rings. The summed E-state index contributed by atoms with van der Waals surface area (Å²) in [6.07, 6.45) is 1.62. The van der Waals surface area contributed by atoms with Crippen molar-refractivity contribution in [2.45, 2.75) is 33.7 Å². The van der Waals surface area contributed by atoms with Gasteiger partial charge < -0.3 is 10.1 Å². The van der Waals surface area contributed by atoms with Gasteiger partial charge in [0.05, 0.1) is 27.7 Å². The highest BCUT2D eigenvalue weighted by Crippen LogP contribution is 2.31. The number of carbonyl (C=O) groups is 2. The van der Waals surface area contributed by atoms with Crippen molar-refractivity contribution in [2.24, 2.45) is 0 Å². The van der Waals surface area contributed by atoms with Crippen molar-refractivity contribution < 1.29 is 14.3 Å². The minimum Gasteiger partial charge on any atom is -0.452 e. The standard InChI is InChI=1S/C24H24N4O3S/c1-14(2)28-23-19(12-25-28)18(11-20(27-23)21-10-7-16(4)32-21)24(30)31-13-22(29)26-17-8-5-15(3)6-9-17/h5-12,14H,13H2,1-4H3,(H,26,29). The molecule has 32 heavy (non-hydrogen) atoms. The fourth-order valence-corrected chi connectivity index (χ4v) is 4.13. The van der Waals surface area contributed by atoms with E-state index in [2.05, 4.69) is 10.4 Å². The number of carbonyl (C=O) groups excluding carboxylic acids is 2. The van der Waals surface area contributed by atoms with E-state index in [1.54, 1.807) is 40.4 Å². The molecule has 3 aromatic heterocycles. The highest BCUT2D eigenvalue weighted by molar-refractivity contribution is 7.15. The van der Waals surface area contributed by atoms with Crippen molar-refractivity contribution in [2.75, 3.05) is 11.9 Å². The Morgan fingerprint density at radius 1 is 1.12 bits per heavy atom. The van der Waals surface area contributed by atoms with E-state index in [1.165, 1.54) is 0 Å². The van der Waals surface area contributed by atoms with Crippen molar-refractivity contribution in [1.82, 2.24) is 14.8 Å². The normalized spacial score (nSPS) is 11.2. The number of benzene rings is 1. The van der Waals surface area contributed by atoms with E-state index >= 15 is 0 Å². The quantitative estimate of drug-likeness (QED) is 0.412. The first-order valence-corrected chi connectivity index (χ1v) is 11.1. The number of aromatic nitrogens is 3. The second kappa shape index (κ2) is 8.92. The molecule has 1 aromatic carbocycles. The number of aryl methyl sites for hydroxylation is 2. The molecule has 0 saturated carbocycles. The molecule has 0 bridgehead atoms. The SMILES string of the molecule is Cc1ccc(NC(=O)COC(=O)c2cc(-c3ccc(C)s3)nc3c2cnn3C(C)C)cc1. The van der Waals surface area contributed by atoms with Crippen molar-refractivity contribution in [3.8, 4) is 10.6 Å². The predicted molar refractivity (Wildman–Crippen MR) is 126 cm³/mol. The third kappa shape index (κ3) is 4.55. The highest BCUT2D eigenvalue weighted by atomic mass is 32.1. The number of hydrogen-bond donors (Lipinski definition) is 1. The molecule has 0 atom stereocenters. The summed E-state index contributed by atoms with van der Waals surface area (Å²) in [6, 6.07) is 13.2. The summed E-state index contributed by atoms with van der Waals surface area (Å²) in [7, 11) is 0. The first-order chi connectivity index (χ1) is 15.3. The minimum absolute atomic E-state index is 0.0736. The lowest BCUT2D eigenvalue weighted by molar-refractivity contribution is -0.119. The van der Waals surface area contributed by atoms with Crippen LogP contribution in [0.3, 0.4) is 0 Å². The van der Waals surface area contributed by atoms with Gasteiger partial charge in [-0.05, 0) is 58.0 Å². The maximum Gasteiger partial charge on any atom is 0.339 e. The minimum atomic E-state index is -0.589. The number of anilines is 1. The summed E-state index contributed by atoms with van der Waals surface area (Å²) in [4.78, 5) is 32.1. The van der Waals surface area contributed by atoms with Gasteiger partial charge in [0.1, 0.15) is 0 Å². The van der Waals surface area contributed by atoms with Crippen LogP contribution in [0, 0.1) is 13.8 Å². The van der Waals surface area contributed by atoms with Gasteiger partial charge in [-0.1, -0.05) is 17.7 Å². The lowest BCUT2D eigenvalue weighted by Crippen LogP contribution is -2.21. The van der Waals surface area contributed by atoms with Gasteiger partial charge in [-0.25, -0.2) is 14.5 Å². The summed E-state index contributed by atoms with van der Waals surface area (Å²) >= 11 is 1.60. The maximum atomic E-state index is 13.0. The van der Waals surface area contributed by atoms with Crippen LogP contribution >= 0.6 is 11.3 Å². The van der Waals surface area contributed by atoms with E-state index in [0.717, 1.165) is 15.3 Å². The molecule has 4 rings (SSSR count). The van der Waals surface area contributed by atoms with E-state index in [1.807, 2.05) is 52.0 Å². The lowest BCUT2D eigenvalue weighted by atomic mass is 10.1. The van der Waals surface area contributed by atoms with Crippen LogP contribution in [0.25, 0.3) is 21.6 Å². The molecule has 7 nitrogen and oxygen atoms in total. The molecule has 1 amide bonds. The fourth-order valence-electron chi connectivity index (χ4n) is 3.31. The number of nitrogens with one attached hydrogen (secondary N) is 1. The highest BCUT2D eigenvalue weighted by Gasteiger charge is 2.21. The second-order valence-electron chi connectivity index (χ2n) is 7.88. The molecule has 1 N–H and O–H groups in total. The van der Waals surface area contributed by atoms with Crippen LogP contribution in [0.5, 0.6) is 0 Å². The number of thiophene rings is 1. The van der Waals surface area contributed by atoms with Crippen molar-refractivity contribution in [3.05, 3.63) is 64.7 Å². The van der Waals surface area contributed by atoms with Crippen LogP contribution in [0.2, 0.25) is 0 Å². The van der Waals surface area contributed by atoms with Gasteiger partial charge in [-0.15, -0.1) is 11.3 Å². The van der Waals surface area contributed by atoms with Gasteiger partial charge in [0, 0.05) is 16.6 Å². The molecule has 3 heterocycles. The molecule has 0 saturated heterocycles. The summed E-state index contributed by atoms with van der Waals surface area (Å²) < 4.78 is 7.13. The molecule has 0 spiro atoms. The number of nitrogens with zero attached hydrogens (tertiary/aromatic N) is 3. The van der Waals surface area contributed by atoms with Gasteiger partial charge in [0.2, 0.25) is 0 Å². The molecule has 164 valence electrons. The zero-order valence-corrected chi connectivity index (χ0v) is 19.2. The van der Waals surface area contributed by atoms with Crippen LogP contribution in [0.4, 0.5) is 5.69 Å². The van der Waals surface area contributed by atoms with E-state index in [9.17, 15) is 9.59 Å².